The Morgan fingerprint density at radius 2 is 1.76 bits per heavy atom. The number of ketones is 1. The van der Waals surface area contributed by atoms with Crippen molar-refractivity contribution >= 4 is 29.3 Å². The number of fused-ring (bicyclic) bond motifs is 1. The van der Waals surface area contributed by atoms with Crippen molar-refractivity contribution in [2.75, 3.05) is 13.2 Å². The fourth-order valence-corrected chi connectivity index (χ4v) is 2.94. The SMILES string of the molecule is CCc1ccc(C(=O)COC(=O)CN2C(=O)c3cccc([N+](=O)[O-])c3C2=O)cc1. The summed E-state index contributed by atoms with van der Waals surface area (Å²) in [5, 5.41) is 11.1. The first-order valence-electron chi connectivity index (χ1n) is 8.74. The molecule has 148 valence electrons. The molecule has 1 heterocycles. The number of Topliss-reactive ketones (excluding diaryl/α,β-unsaturated/α-hetero) is 1. The molecule has 3 rings (SSSR count). The summed E-state index contributed by atoms with van der Waals surface area (Å²) in [6.07, 6.45) is 0.821. The lowest BCUT2D eigenvalue weighted by Crippen LogP contribution is -2.36. The molecule has 0 spiro atoms. The van der Waals surface area contributed by atoms with Gasteiger partial charge in [-0.1, -0.05) is 37.3 Å². The van der Waals surface area contributed by atoms with E-state index in [2.05, 4.69) is 0 Å². The number of esters is 1. The Hall–Kier alpha value is -3.88. The van der Waals surface area contributed by atoms with Crippen LogP contribution in [0.3, 0.4) is 0 Å². The first kappa shape index (κ1) is 19.9. The van der Waals surface area contributed by atoms with Crippen molar-refractivity contribution < 1.29 is 28.8 Å². The number of ether oxygens (including phenoxy) is 1. The van der Waals surface area contributed by atoms with Crippen LogP contribution in [-0.2, 0) is 16.0 Å². The van der Waals surface area contributed by atoms with E-state index in [0.29, 0.717) is 10.5 Å². The lowest BCUT2D eigenvalue weighted by molar-refractivity contribution is -0.385. The number of benzene rings is 2. The van der Waals surface area contributed by atoms with E-state index in [4.69, 9.17) is 4.74 Å². The van der Waals surface area contributed by atoms with Gasteiger partial charge in [0.1, 0.15) is 12.1 Å². The minimum atomic E-state index is -0.972. The van der Waals surface area contributed by atoms with Gasteiger partial charge in [-0.15, -0.1) is 0 Å². The van der Waals surface area contributed by atoms with Gasteiger partial charge in [0.2, 0.25) is 0 Å². The van der Waals surface area contributed by atoms with Crippen LogP contribution >= 0.6 is 0 Å². The van der Waals surface area contributed by atoms with Gasteiger partial charge in [0.05, 0.1) is 10.5 Å². The zero-order valence-electron chi connectivity index (χ0n) is 15.4. The topological polar surface area (TPSA) is 124 Å². The summed E-state index contributed by atoms with van der Waals surface area (Å²) in [5.41, 5.74) is 0.401. The number of carbonyl (C=O) groups is 4. The molecule has 29 heavy (non-hydrogen) atoms. The minimum Gasteiger partial charge on any atom is -0.456 e. The van der Waals surface area contributed by atoms with E-state index in [1.165, 1.54) is 12.1 Å². The van der Waals surface area contributed by atoms with Crippen LogP contribution in [0.5, 0.6) is 0 Å². The zero-order valence-corrected chi connectivity index (χ0v) is 15.4. The molecule has 0 bridgehead atoms. The van der Waals surface area contributed by atoms with E-state index in [1.54, 1.807) is 24.3 Å². The summed E-state index contributed by atoms with van der Waals surface area (Å²) >= 11 is 0. The van der Waals surface area contributed by atoms with E-state index in [1.807, 2.05) is 6.92 Å². The number of hydrogen-bond acceptors (Lipinski definition) is 7. The molecular formula is C20H16N2O7. The van der Waals surface area contributed by atoms with Gasteiger partial charge in [0.25, 0.3) is 17.5 Å². The van der Waals surface area contributed by atoms with E-state index in [-0.39, 0.29) is 11.1 Å². The van der Waals surface area contributed by atoms with Crippen LogP contribution in [0.15, 0.2) is 42.5 Å². The third-order valence-corrected chi connectivity index (χ3v) is 4.51. The molecule has 0 saturated carbocycles. The summed E-state index contributed by atoms with van der Waals surface area (Å²) in [6.45, 7) is 0.686. The molecule has 2 aromatic carbocycles. The Kier molecular flexibility index (Phi) is 5.49. The number of aryl methyl sites for hydroxylation is 1. The summed E-state index contributed by atoms with van der Waals surface area (Å²) < 4.78 is 4.88. The second-order valence-corrected chi connectivity index (χ2v) is 6.29. The lowest BCUT2D eigenvalue weighted by atomic mass is 10.1. The van der Waals surface area contributed by atoms with Crippen molar-refractivity contribution in [3.63, 3.8) is 0 Å². The molecule has 2 amide bonds. The number of nitro benzene ring substituents is 1. The van der Waals surface area contributed by atoms with Gasteiger partial charge in [0.15, 0.2) is 12.4 Å². The van der Waals surface area contributed by atoms with Gasteiger partial charge >= 0.3 is 5.97 Å². The lowest BCUT2D eigenvalue weighted by Gasteiger charge is -2.12. The largest absolute Gasteiger partial charge is 0.456 e. The second-order valence-electron chi connectivity index (χ2n) is 6.29. The third-order valence-electron chi connectivity index (χ3n) is 4.51. The average molecular weight is 396 g/mol. The molecule has 0 aromatic heterocycles. The predicted molar refractivity (Wildman–Crippen MR) is 99.6 cm³/mol. The Morgan fingerprint density at radius 1 is 1.07 bits per heavy atom. The van der Waals surface area contributed by atoms with Crippen LogP contribution in [0.25, 0.3) is 0 Å². The molecule has 9 nitrogen and oxygen atoms in total. The smallest absolute Gasteiger partial charge is 0.326 e. The molecule has 0 aliphatic carbocycles. The Morgan fingerprint density at radius 3 is 2.38 bits per heavy atom. The molecule has 9 heteroatoms. The highest BCUT2D eigenvalue weighted by atomic mass is 16.6. The molecule has 0 saturated heterocycles. The number of nitrogens with zero attached hydrogens (tertiary/aromatic N) is 2. The Labute approximate surface area is 165 Å². The first-order chi connectivity index (χ1) is 13.8. The number of hydrogen-bond donors (Lipinski definition) is 0. The maximum atomic E-state index is 12.4. The highest BCUT2D eigenvalue weighted by Gasteiger charge is 2.41. The normalized spacial score (nSPS) is 12.7. The van der Waals surface area contributed by atoms with Gasteiger partial charge in [-0.3, -0.25) is 34.2 Å². The highest BCUT2D eigenvalue weighted by Crippen LogP contribution is 2.30. The van der Waals surface area contributed by atoms with Crippen molar-refractivity contribution in [1.29, 1.82) is 0 Å². The maximum absolute atomic E-state index is 12.4. The van der Waals surface area contributed by atoms with Crippen molar-refractivity contribution in [2.24, 2.45) is 0 Å². The molecule has 0 unspecified atom stereocenters. The summed E-state index contributed by atoms with van der Waals surface area (Å²) in [4.78, 5) is 59.8. The van der Waals surface area contributed by atoms with E-state index in [0.717, 1.165) is 18.1 Å². The number of rotatable bonds is 7. The average Bonchev–Trinajstić information content (AvgIpc) is 2.97. The molecule has 2 aromatic rings. The van der Waals surface area contributed by atoms with E-state index < -0.39 is 47.3 Å². The van der Waals surface area contributed by atoms with E-state index in [9.17, 15) is 29.3 Å². The van der Waals surface area contributed by atoms with Gasteiger partial charge < -0.3 is 4.74 Å². The van der Waals surface area contributed by atoms with Crippen LogP contribution in [0.2, 0.25) is 0 Å². The molecule has 0 radical (unpaired) electrons. The van der Waals surface area contributed by atoms with E-state index >= 15 is 0 Å². The van der Waals surface area contributed by atoms with Crippen molar-refractivity contribution in [3.8, 4) is 0 Å². The molecular weight excluding hydrogens is 380 g/mol. The van der Waals surface area contributed by atoms with Gasteiger partial charge in [0, 0.05) is 11.6 Å². The quantitative estimate of drug-likeness (QED) is 0.231. The van der Waals surface area contributed by atoms with Crippen LogP contribution in [0, 0.1) is 10.1 Å². The van der Waals surface area contributed by atoms with Crippen molar-refractivity contribution in [2.45, 2.75) is 13.3 Å². The predicted octanol–water partition coefficient (Wildman–Crippen LogP) is 2.18. The standard InChI is InChI=1S/C20H16N2O7/c1-2-12-6-8-13(9-7-12)16(23)11-29-17(24)10-21-19(25)14-4-3-5-15(22(27)28)18(14)20(21)26/h3-9H,2,10-11H2,1H3. The zero-order chi connectivity index (χ0) is 21.1. The number of amides is 2. The summed E-state index contributed by atoms with van der Waals surface area (Å²) in [5.74, 6) is -3.18. The molecule has 1 aliphatic heterocycles. The number of nitro groups is 1. The van der Waals surface area contributed by atoms with Crippen LogP contribution < -0.4 is 0 Å². The maximum Gasteiger partial charge on any atom is 0.326 e. The minimum absolute atomic E-state index is 0.149. The molecule has 1 aliphatic rings. The van der Waals surface area contributed by atoms with Gasteiger partial charge in [-0.25, -0.2) is 0 Å². The van der Waals surface area contributed by atoms with Crippen molar-refractivity contribution in [1.82, 2.24) is 4.90 Å². The van der Waals surface area contributed by atoms with Crippen molar-refractivity contribution in [3.05, 3.63) is 74.8 Å². The van der Waals surface area contributed by atoms with Gasteiger partial charge in [-0.05, 0) is 18.1 Å². The van der Waals surface area contributed by atoms with Crippen LogP contribution in [-0.4, -0.2) is 46.5 Å². The molecule has 0 fully saturated rings. The Bertz CT molecular complexity index is 1030. The summed E-state index contributed by atoms with van der Waals surface area (Å²) in [7, 11) is 0. The van der Waals surface area contributed by atoms with Crippen LogP contribution in [0.1, 0.15) is 43.6 Å². The Balaban J connectivity index is 1.64. The number of carbonyl (C=O) groups excluding carboxylic acids is 4. The van der Waals surface area contributed by atoms with Crippen LogP contribution in [0.4, 0.5) is 5.69 Å². The highest BCUT2D eigenvalue weighted by molar-refractivity contribution is 6.24. The fraction of sp³-hybridized carbons (Fsp3) is 0.200. The second kappa shape index (κ2) is 8.01. The monoisotopic (exact) mass is 396 g/mol. The summed E-state index contributed by atoms with van der Waals surface area (Å²) in [6, 6.07) is 10.5. The first-order valence-corrected chi connectivity index (χ1v) is 8.74. The van der Waals surface area contributed by atoms with Gasteiger partial charge in [-0.2, -0.15) is 0 Å². The molecule has 0 atom stereocenters. The molecule has 0 N–H and O–H groups in total. The fourth-order valence-electron chi connectivity index (χ4n) is 2.94. The third kappa shape index (κ3) is 3.88. The number of imide groups is 1.